The fourth-order valence-electron chi connectivity index (χ4n) is 11.2. The van der Waals surface area contributed by atoms with Gasteiger partial charge in [-0.15, -0.1) is 0 Å². The molecular formula is C59H84N2O14+2. The molecule has 0 saturated heterocycles. The van der Waals surface area contributed by atoms with Crippen LogP contribution in [0.4, 0.5) is 0 Å². The molecule has 2 heterocycles. The number of hydrogen-bond donors (Lipinski definition) is 0. The lowest BCUT2D eigenvalue weighted by Crippen LogP contribution is -2.52. The van der Waals surface area contributed by atoms with E-state index in [-0.39, 0.29) is 24.0 Å². The minimum atomic E-state index is -0.173. The van der Waals surface area contributed by atoms with Crippen LogP contribution in [0, 0.1) is 0 Å². The van der Waals surface area contributed by atoms with Gasteiger partial charge in [-0.05, 0) is 83.6 Å². The molecule has 0 spiro atoms. The molecule has 6 rings (SSSR count). The zero-order valence-corrected chi connectivity index (χ0v) is 46.8. The van der Waals surface area contributed by atoms with Gasteiger partial charge >= 0.3 is 11.9 Å². The van der Waals surface area contributed by atoms with Gasteiger partial charge in [0.05, 0.1) is 125 Å². The number of esters is 2. The normalized spacial score (nSPS) is 18.7. The van der Waals surface area contributed by atoms with Gasteiger partial charge in [-0.1, -0.05) is 19.3 Å². The third-order valence-corrected chi connectivity index (χ3v) is 15.5. The van der Waals surface area contributed by atoms with E-state index in [9.17, 15) is 9.59 Å². The van der Waals surface area contributed by atoms with Crippen LogP contribution in [-0.2, 0) is 44.7 Å². The van der Waals surface area contributed by atoms with E-state index in [0.29, 0.717) is 84.9 Å². The Morgan fingerprint density at radius 1 is 0.413 bits per heavy atom. The molecular weight excluding hydrogens is 961 g/mol. The summed E-state index contributed by atoms with van der Waals surface area (Å²) in [6.45, 7) is 4.17. The predicted molar refractivity (Wildman–Crippen MR) is 287 cm³/mol. The number of ether oxygens (including phenoxy) is 12. The number of methoxy groups -OCH3 is 10. The van der Waals surface area contributed by atoms with E-state index < -0.39 is 0 Å². The quantitative estimate of drug-likeness (QED) is 0.0278. The van der Waals surface area contributed by atoms with Crippen molar-refractivity contribution in [3.63, 3.8) is 0 Å². The number of quaternary nitrogens is 2. The summed E-state index contributed by atoms with van der Waals surface area (Å²) in [5.74, 6) is 6.04. The Balaban J connectivity index is 0.928. The number of hydrogen-bond acceptors (Lipinski definition) is 14. The lowest BCUT2D eigenvalue weighted by atomic mass is 9.86. The third-order valence-electron chi connectivity index (χ3n) is 15.5. The molecule has 4 atom stereocenters. The number of benzene rings is 4. The number of rotatable bonds is 30. The largest absolute Gasteiger partial charge is 0.493 e. The Kier molecular flexibility index (Phi) is 21.3. The Hall–Kier alpha value is -6.26. The van der Waals surface area contributed by atoms with Crippen LogP contribution in [-0.4, -0.2) is 145 Å². The number of carbonyl (C=O) groups is 2. The smallest absolute Gasteiger partial charge is 0.305 e. The Labute approximate surface area is 445 Å². The molecule has 4 aromatic rings. The highest BCUT2D eigenvalue weighted by Crippen LogP contribution is 2.47. The van der Waals surface area contributed by atoms with Crippen molar-refractivity contribution in [2.75, 3.05) is 125 Å². The van der Waals surface area contributed by atoms with E-state index >= 15 is 0 Å². The van der Waals surface area contributed by atoms with E-state index in [4.69, 9.17) is 56.8 Å². The summed E-state index contributed by atoms with van der Waals surface area (Å²) in [6, 6.07) is 16.6. The molecule has 0 unspecified atom stereocenters. The van der Waals surface area contributed by atoms with Crippen LogP contribution in [0.1, 0.15) is 103 Å². The Morgan fingerprint density at radius 2 is 0.733 bits per heavy atom. The zero-order chi connectivity index (χ0) is 54.1. The van der Waals surface area contributed by atoms with Gasteiger partial charge in [-0.2, -0.15) is 0 Å². The summed E-state index contributed by atoms with van der Waals surface area (Å²) >= 11 is 0. The second-order valence-electron chi connectivity index (χ2n) is 20.1. The zero-order valence-electron chi connectivity index (χ0n) is 46.8. The first-order chi connectivity index (χ1) is 36.2. The third kappa shape index (κ3) is 14.2. The van der Waals surface area contributed by atoms with Crippen molar-refractivity contribution in [1.82, 2.24) is 0 Å². The number of nitrogens with zero attached hydrogens (tertiary/aromatic N) is 2. The standard InChI is InChI=1S/C59H84N2O14/c1-60(26-22-42-36-48(64-3)50(66-5)38-44(42)46(60)30-40-32-52(68-7)58(72-11)53(33-40)69-8)24-18-28-74-56(62)20-16-14-13-15-17-21-57(63)75-29-19-25-61(2)27-23-43-37-49(65-4)51(67-6)39-45(43)47(61)31-41-34-54(70-9)59(73-12)55(35-41)71-10/h32-39,46-47H,13-31H2,1-12H3/q+2/t46-,47+,60-,61+. The van der Waals surface area contributed by atoms with Crippen LogP contribution in [0.2, 0.25) is 0 Å². The lowest BCUT2D eigenvalue weighted by Gasteiger charge is -2.46. The number of unbranched alkanes of at least 4 members (excludes halogenated alkanes) is 4. The molecule has 0 N–H and O–H groups in total. The van der Waals surface area contributed by atoms with E-state index in [0.717, 1.165) is 116 Å². The van der Waals surface area contributed by atoms with Gasteiger partial charge in [-0.3, -0.25) is 9.59 Å². The van der Waals surface area contributed by atoms with Gasteiger partial charge in [0.15, 0.2) is 46.0 Å². The summed E-state index contributed by atoms with van der Waals surface area (Å²) in [7, 11) is 21.0. The van der Waals surface area contributed by atoms with E-state index in [1.807, 2.05) is 24.3 Å². The molecule has 4 aromatic carbocycles. The molecule has 16 heteroatoms. The summed E-state index contributed by atoms with van der Waals surface area (Å²) in [5, 5.41) is 0. The van der Waals surface area contributed by atoms with Gasteiger partial charge in [0.25, 0.3) is 0 Å². The molecule has 2 aliphatic heterocycles. The van der Waals surface area contributed by atoms with Crippen LogP contribution >= 0.6 is 0 Å². The van der Waals surface area contributed by atoms with Crippen molar-refractivity contribution >= 4 is 11.9 Å². The maximum Gasteiger partial charge on any atom is 0.305 e. The van der Waals surface area contributed by atoms with Crippen molar-refractivity contribution in [3.8, 4) is 57.5 Å². The van der Waals surface area contributed by atoms with Gasteiger partial charge in [0, 0.05) is 62.5 Å². The number of fused-ring (bicyclic) bond motifs is 2. The SMILES string of the molecule is COc1cc2c(cc1OC)[C@@H](Cc1cc(OC)c(OC)c(OC)c1)[N@+](C)(CCCOC(=O)CCCCCCCC(=O)OCCC[N@@+]1(C)CCc3cc(OC)c(OC)cc3[C@@H]1Cc1cc(OC)c(OC)c(OC)c1)CC2. The molecule has 0 saturated carbocycles. The average molecular weight is 1050 g/mol. The minimum Gasteiger partial charge on any atom is -0.493 e. The summed E-state index contributed by atoms with van der Waals surface area (Å²) in [4.78, 5) is 25.7. The average Bonchev–Trinajstić information content (AvgIpc) is 3.43. The summed E-state index contributed by atoms with van der Waals surface area (Å²) in [6.07, 6.45) is 9.60. The molecule has 0 aliphatic carbocycles. The van der Waals surface area contributed by atoms with Crippen LogP contribution in [0.5, 0.6) is 57.5 Å². The van der Waals surface area contributed by atoms with Crippen molar-refractivity contribution in [2.45, 2.75) is 95.6 Å². The molecule has 16 nitrogen and oxygen atoms in total. The first kappa shape index (κ1) is 58.0. The fraction of sp³-hybridized carbons (Fsp3) is 0.559. The molecule has 0 radical (unpaired) electrons. The molecule has 75 heavy (non-hydrogen) atoms. The van der Waals surface area contributed by atoms with Crippen molar-refractivity contribution in [3.05, 3.63) is 81.9 Å². The fourth-order valence-corrected chi connectivity index (χ4v) is 11.2. The molecule has 2 aliphatic rings. The maximum atomic E-state index is 12.9. The van der Waals surface area contributed by atoms with Crippen molar-refractivity contribution in [2.24, 2.45) is 0 Å². The van der Waals surface area contributed by atoms with Gasteiger partial charge in [0.2, 0.25) is 11.5 Å². The van der Waals surface area contributed by atoms with Crippen molar-refractivity contribution in [1.29, 1.82) is 0 Å². The maximum absolute atomic E-state index is 12.9. The highest BCUT2D eigenvalue weighted by Gasteiger charge is 2.42. The van der Waals surface area contributed by atoms with E-state index in [1.54, 1.807) is 71.1 Å². The lowest BCUT2D eigenvalue weighted by molar-refractivity contribution is -0.941. The molecule has 0 fully saturated rings. The van der Waals surface area contributed by atoms with Gasteiger partial charge in [0.1, 0.15) is 12.1 Å². The number of likely N-dealkylation sites (N-methyl/N-ethyl adjacent to an activating group) is 2. The van der Waals surface area contributed by atoms with Crippen LogP contribution in [0.15, 0.2) is 48.5 Å². The highest BCUT2D eigenvalue weighted by molar-refractivity contribution is 5.69. The first-order valence-electron chi connectivity index (χ1n) is 26.3. The molecule has 0 bridgehead atoms. The summed E-state index contributed by atoms with van der Waals surface area (Å²) < 4.78 is 70.0. The predicted octanol–water partition coefficient (Wildman–Crippen LogP) is 9.64. The Morgan fingerprint density at radius 3 is 1.05 bits per heavy atom. The Bertz CT molecular complexity index is 2310. The second kappa shape index (κ2) is 27.5. The second-order valence-corrected chi connectivity index (χ2v) is 20.1. The van der Waals surface area contributed by atoms with Gasteiger partial charge in [-0.25, -0.2) is 0 Å². The van der Waals surface area contributed by atoms with Crippen LogP contribution in [0.25, 0.3) is 0 Å². The highest BCUT2D eigenvalue weighted by atomic mass is 16.6. The van der Waals surface area contributed by atoms with Gasteiger partial charge < -0.3 is 65.8 Å². The van der Waals surface area contributed by atoms with E-state index in [2.05, 4.69) is 38.4 Å². The summed E-state index contributed by atoms with van der Waals surface area (Å²) in [5.41, 5.74) is 7.00. The topological polar surface area (TPSA) is 145 Å². The van der Waals surface area contributed by atoms with E-state index in [1.165, 1.54) is 22.3 Å². The molecule has 0 aromatic heterocycles. The van der Waals surface area contributed by atoms with Crippen LogP contribution in [0.3, 0.4) is 0 Å². The molecule has 0 amide bonds. The van der Waals surface area contributed by atoms with Crippen molar-refractivity contribution < 1.29 is 75.4 Å². The first-order valence-corrected chi connectivity index (χ1v) is 26.3. The number of carbonyl (C=O) groups excluding carboxylic acids is 2. The molecule has 412 valence electrons. The monoisotopic (exact) mass is 1040 g/mol. The minimum absolute atomic E-state index is 0.0708. The van der Waals surface area contributed by atoms with Crippen LogP contribution < -0.4 is 47.4 Å².